The third kappa shape index (κ3) is 3.89. The van der Waals surface area contributed by atoms with Gasteiger partial charge in [-0.3, -0.25) is 0 Å². The number of hydrogen-bond acceptors (Lipinski definition) is 3. The van der Waals surface area contributed by atoms with Crippen LogP contribution in [-0.4, -0.2) is 28.1 Å². The summed E-state index contributed by atoms with van der Waals surface area (Å²) in [4.78, 5) is -0.360. The van der Waals surface area contributed by atoms with Crippen LogP contribution >= 0.6 is 11.6 Å². The SMILES string of the molecule is O=S(=O)(NC[C@@H]1CCCNC1)c1ccc(Cl)cc1F. The number of hydrogen-bond donors (Lipinski definition) is 2. The first-order valence-electron chi connectivity index (χ1n) is 6.14. The summed E-state index contributed by atoms with van der Waals surface area (Å²) in [5.74, 6) is -0.583. The Hall–Kier alpha value is -0.690. The van der Waals surface area contributed by atoms with Crippen molar-refractivity contribution in [1.29, 1.82) is 0 Å². The van der Waals surface area contributed by atoms with Crippen LogP contribution in [0.4, 0.5) is 4.39 Å². The zero-order valence-electron chi connectivity index (χ0n) is 10.3. The predicted molar refractivity (Wildman–Crippen MR) is 72.2 cm³/mol. The molecule has 1 fully saturated rings. The summed E-state index contributed by atoms with van der Waals surface area (Å²) in [6, 6.07) is 3.54. The Kier molecular flexibility index (Phi) is 4.78. The topological polar surface area (TPSA) is 58.2 Å². The second-order valence-electron chi connectivity index (χ2n) is 4.64. The predicted octanol–water partition coefficient (Wildman–Crippen LogP) is 1.76. The van der Waals surface area contributed by atoms with Crippen LogP contribution in [0.1, 0.15) is 12.8 Å². The Balaban J connectivity index is 2.05. The van der Waals surface area contributed by atoms with E-state index in [0.717, 1.165) is 32.0 Å². The zero-order chi connectivity index (χ0) is 13.9. The highest BCUT2D eigenvalue weighted by atomic mass is 35.5. The zero-order valence-corrected chi connectivity index (χ0v) is 11.9. The molecule has 0 saturated carbocycles. The van der Waals surface area contributed by atoms with Gasteiger partial charge in [0, 0.05) is 11.6 Å². The maximum atomic E-state index is 13.6. The van der Waals surface area contributed by atoms with Crippen molar-refractivity contribution >= 4 is 21.6 Å². The van der Waals surface area contributed by atoms with Gasteiger partial charge in [-0.15, -0.1) is 0 Å². The minimum Gasteiger partial charge on any atom is -0.316 e. The summed E-state index contributed by atoms with van der Waals surface area (Å²) in [6.45, 7) is 2.07. The normalized spacial score (nSPS) is 20.4. The lowest BCUT2D eigenvalue weighted by molar-refractivity contribution is 0.375. The van der Waals surface area contributed by atoms with Gasteiger partial charge in [-0.1, -0.05) is 11.6 Å². The standard InChI is InChI=1S/C12H16ClFN2O2S/c13-10-3-4-12(11(14)6-10)19(17,18)16-8-9-2-1-5-15-7-9/h3-4,6,9,15-16H,1-2,5,7-8H2/t9-/m1/s1. The van der Waals surface area contributed by atoms with E-state index in [-0.39, 0.29) is 15.8 Å². The summed E-state index contributed by atoms with van der Waals surface area (Å²) in [6.07, 6.45) is 2.00. The van der Waals surface area contributed by atoms with Crippen molar-refractivity contribution in [2.45, 2.75) is 17.7 Å². The summed E-state index contributed by atoms with van der Waals surface area (Å²) in [7, 11) is -3.82. The van der Waals surface area contributed by atoms with E-state index in [4.69, 9.17) is 11.6 Å². The molecule has 2 N–H and O–H groups in total. The van der Waals surface area contributed by atoms with Crippen molar-refractivity contribution in [1.82, 2.24) is 10.0 Å². The molecule has 1 aliphatic heterocycles. The molecule has 0 aliphatic carbocycles. The molecule has 1 aromatic carbocycles. The summed E-state index contributed by atoms with van der Waals surface area (Å²) < 4.78 is 40.0. The largest absolute Gasteiger partial charge is 0.316 e. The molecule has 0 aromatic heterocycles. The highest BCUT2D eigenvalue weighted by molar-refractivity contribution is 7.89. The molecule has 0 spiro atoms. The second-order valence-corrected chi connectivity index (χ2v) is 6.81. The van der Waals surface area contributed by atoms with Crippen molar-refractivity contribution in [3.8, 4) is 0 Å². The highest BCUT2D eigenvalue weighted by Gasteiger charge is 2.21. The maximum Gasteiger partial charge on any atom is 0.243 e. The van der Waals surface area contributed by atoms with Crippen molar-refractivity contribution in [3.63, 3.8) is 0 Å². The minimum absolute atomic E-state index is 0.174. The van der Waals surface area contributed by atoms with Gasteiger partial charge in [0.05, 0.1) is 0 Å². The lowest BCUT2D eigenvalue weighted by atomic mass is 10.0. The molecular formula is C12H16ClFN2O2S. The molecule has 0 unspecified atom stereocenters. The monoisotopic (exact) mass is 306 g/mol. The Bertz CT molecular complexity index is 545. The molecule has 0 radical (unpaired) electrons. The van der Waals surface area contributed by atoms with Crippen LogP contribution in [0.3, 0.4) is 0 Å². The van der Waals surface area contributed by atoms with Gasteiger partial charge in [0.25, 0.3) is 0 Å². The van der Waals surface area contributed by atoms with Crippen LogP contribution in [0.25, 0.3) is 0 Å². The van der Waals surface area contributed by atoms with Crippen LogP contribution < -0.4 is 10.0 Å². The van der Waals surface area contributed by atoms with E-state index < -0.39 is 15.8 Å². The third-order valence-electron chi connectivity index (χ3n) is 3.14. The average molecular weight is 307 g/mol. The fourth-order valence-corrected chi connectivity index (χ4v) is 3.43. The number of rotatable bonds is 4. The van der Waals surface area contributed by atoms with Gasteiger partial charge in [-0.2, -0.15) is 0 Å². The van der Waals surface area contributed by atoms with Crippen molar-refractivity contribution < 1.29 is 12.8 Å². The van der Waals surface area contributed by atoms with E-state index in [9.17, 15) is 12.8 Å². The van der Waals surface area contributed by atoms with Crippen LogP contribution in [0.2, 0.25) is 5.02 Å². The molecule has 4 nitrogen and oxygen atoms in total. The third-order valence-corrected chi connectivity index (χ3v) is 4.84. The first-order chi connectivity index (χ1) is 8.99. The fourth-order valence-electron chi connectivity index (χ4n) is 2.10. The molecular weight excluding hydrogens is 291 g/mol. The molecule has 1 atom stereocenters. The van der Waals surface area contributed by atoms with Gasteiger partial charge < -0.3 is 5.32 Å². The van der Waals surface area contributed by atoms with Crippen molar-refractivity contribution in [2.24, 2.45) is 5.92 Å². The first kappa shape index (κ1) is 14.7. The van der Waals surface area contributed by atoms with Gasteiger partial charge in [0.15, 0.2) is 0 Å². The fraction of sp³-hybridized carbons (Fsp3) is 0.500. The molecule has 1 aliphatic rings. The number of benzene rings is 1. The highest BCUT2D eigenvalue weighted by Crippen LogP contribution is 2.19. The summed E-state index contributed by atoms with van der Waals surface area (Å²) >= 11 is 5.60. The maximum absolute atomic E-state index is 13.6. The van der Waals surface area contributed by atoms with E-state index in [1.165, 1.54) is 12.1 Å². The number of sulfonamides is 1. The Labute approximate surface area is 117 Å². The van der Waals surface area contributed by atoms with Crippen LogP contribution in [0.15, 0.2) is 23.1 Å². The number of halogens is 2. The lowest BCUT2D eigenvalue weighted by Crippen LogP contribution is -2.38. The van der Waals surface area contributed by atoms with Crippen molar-refractivity contribution in [2.75, 3.05) is 19.6 Å². The minimum atomic E-state index is -3.82. The Morgan fingerprint density at radius 1 is 1.47 bits per heavy atom. The van der Waals surface area contributed by atoms with E-state index >= 15 is 0 Å². The lowest BCUT2D eigenvalue weighted by Gasteiger charge is -2.22. The summed E-state index contributed by atoms with van der Waals surface area (Å²) in [5.41, 5.74) is 0. The molecule has 1 aromatic rings. The number of piperidine rings is 1. The summed E-state index contributed by atoms with van der Waals surface area (Å²) in [5, 5.41) is 3.38. The van der Waals surface area contributed by atoms with Gasteiger partial charge in [-0.05, 0) is 50.0 Å². The molecule has 0 amide bonds. The van der Waals surface area contributed by atoms with E-state index in [2.05, 4.69) is 10.0 Å². The average Bonchev–Trinajstić information content (AvgIpc) is 2.37. The van der Waals surface area contributed by atoms with Crippen molar-refractivity contribution in [3.05, 3.63) is 29.0 Å². The molecule has 19 heavy (non-hydrogen) atoms. The van der Waals surface area contributed by atoms with Crippen LogP contribution in [0, 0.1) is 11.7 Å². The molecule has 1 saturated heterocycles. The van der Waals surface area contributed by atoms with Gasteiger partial charge in [-0.25, -0.2) is 17.5 Å². The molecule has 106 valence electrons. The van der Waals surface area contributed by atoms with Gasteiger partial charge >= 0.3 is 0 Å². The van der Waals surface area contributed by atoms with Gasteiger partial charge in [0.1, 0.15) is 10.7 Å². The van der Waals surface area contributed by atoms with Gasteiger partial charge in [0.2, 0.25) is 10.0 Å². The Morgan fingerprint density at radius 3 is 2.89 bits per heavy atom. The second kappa shape index (κ2) is 6.17. The smallest absolute Gasteiger partial charge is 0.243 e. The van der Waals surface area contributed by atoms with Crippen LogP contribution in [0.5, 0.6) is 0 Å². The quantitative estimate of drug-likeness (QED) is 0.891. The van der Waals surface area contributed by atoms with Crippen LogP contribution in [-0.2, 0) is 10.0 Å². The first-order valence-corrected chi connectivity index (χ1v) is 8.00. The molecule has 1 heterocycles. The number of nitrogens with one attached hydrogen (secondary N) is 2. The molecule has 2 rings (SSSR count). The van der Waals surface area contributed by atoms with E-state index in [0.29, 0.717) is 6.54 Å². The molecule has 7 heteroatoms. The van der Waals surface area contributed by atoms with E-state index in [1.54, 1.807) is 0 Å². The molecule has 0 bridgehead atoms. The Morgan fingerprint density at radius 2 is 2.26 bits per heavy atom. The van der Waals surface area contributed by atoms with E-state index in [1.807, 2.05) is 0 Å².